The largest absolute Gasteiger partial charge is 0.366 e. The third-order valence-electron chi connectivity index (χ3n) is 6.34. The minimum absolute atomic E-state index is 0.698. The van der Waals surface area contributed by atoms with Crippen LogP contribution in [0.1, 0.15) is 39.3 Å². The zero-order valence-corrected chi connectivity index (χ0v) is 22.0. The predicted octanol–water partition coefficient (Wildman–Crippen LogP) is 7.70. The molecular formula is C31H30N4S. The van der Waals surface area contributed by atoms with Gasteiger partial charge in [-0.25, -0.2) is 15.0 Å². The molecule has 3 aromatic carbocycles. The number of nitrogens with zero attached hydrogens (tertiary/aromatic N) is 3. The molecule has 0 bridgehead atoms. The molecule has 2 aromatic heterocycles. The Morgan fingerprint density at radius 3 is 1.97 bits per heavy atom. The molecule has 0 saturated heterocycles. The molecule has 4 nitrogen and oxygen atoms in total. The van der Waals surface area contributed by atoms with Gasteiger partial charge in [-0.05, 0) is 38.8 Å². The van der Waals surface area contributed by atoms with Crippen LogP contribution >= 0.6 is 11.3 Å². The number of aryl methyl sites for hydroxylation is 4. The van der Waals surface area contributed by atoms with Crippen molar-refractivity contribution >= 4 is 17.2 Å². The fraction of sp³-hybridized carbons (Fsp3) is 0.194. The van der Waals surface area contributed by atoms with E-state index in [-0.39, 0.29) is 0 Å². The second kappa shape index (κ2) is 10.4. The fourth-order valence-electron chi connectivity index (χ4n) is 4.22. The maximum absolute atomic E-state index is 4.87. The third kappa shape index (κ3) is 5.52. The lowest BCUT2D eigenvalue weighted by Crippen LogP contribution is -2.09. The van der Waals surface area contributed by atoms with Crippen molar-refractivity contribution in [2.45, 2.75) is 40.7 Å². The van der Waals surface area contributed by atoms with Crippen molar-refractivity contribution < 1.29 is 0 Å². The van der Waals surface area contributed by atoms with Crippen LogP contribution < -0.4 is 5.32 Å². The van der Waals surface area contributed by atoms with Gasteiger partial charge in [0.05, 0.1) is 5.69 Å². The van der Waals surface area contributed by atoms with E-state index in [1.54, 1.807) is 11.3 Å². The summed E-state index contributed by atoms with van der Waals surface area (Å²) in [7, 11) is 0. The Balaban J connectivity index is 1.30. The molecule has 0 aliphatic heterocycles. The van der Waals surface area contributed by atoms with Gasteiger partial charge in [0, 0.05) is 40.7 Å². The number of rotatable bonds is 7. The summed E-state index contributed by atoms with van der Waals surface area (Å²) < 4.78 is 0. The van der Waals surface area contributed by atoms with Crippen LogP contribution in [0.2, 0.25) is 0 Å². The van der Waals surface area contributed by atoms with E-state index in [9.17, 15) is 0 Å². The highest BCUT2D eigenvalue weighted by atomic mass is 32.1. The van der Waals surface area contributed by atoms with Crippen molar-refractivity contribution in [2.75, 3.05) is 5.32 Å². The van der Waals surface area contributed by atoms with Crippen molar-refractivity contribution in [1.29, 1.82) is 0 Å². The van der Waals surface area contributed by atoms with Crippen LogP contribution in [-0.2, 0) is 13.0 Å². The van der Waals surface area contributed by atoms with Gasteiger partial charge in [-0.15, -0.1) is 11.3 Å². The zero-order chi connectivity index (χ0) is 25.1. The van der Waals surface area contributed by atoms with Crippen molar-refractivity contribution in [1.82, 2.24) is 15.0 Å². The molecule has 5 heteroatoms. The van der Waals surface area contributed by atoms with Crippen LogP contribution in [0.5, 0.6) is 0 Å². The van der Waals surface area contributed by atoms with Gasteiger partial charge >= 0.3 is 0 Å². The molecule has 36 heavy (non-hydrogen) atoms. The second-order valence-corrected chi connectivity index (χ2v) is 10.2. The van der Waals surface area contributed by atoms with Crippen LogP contribution in [0.4, 0.5) is 5.82 Å². The SMILES string of the molecule is Cc1ccc(Cc2c(C)nc(C)nc2NCc2ccc(-c3nc(-c4ccc(C)cc4)cs3)cc2)cc1. The number of benzene rings is 3. The second-order valence-electron chi connectivity index (χ2n) is 9.30. The lowest BCUT2D eigenvalue weighted by atomic mass is 10.0. The molecule has 1 N–H and O–H groups in total. The first-order valence-electron chi connectivity index (χ1n) is 12.2. The maximum atomic E-state index is 4.87. The zero-order valence-electron chi connectivity index (χ0n) is 21.2. The molecule has 0 unspecified atom stereocenters. The fourth-order valence-corrected chi connectivity index (χ4v) is 5.05. The van der Waals surface area contributed by atoms with Crippen LogP contribution in [0.3, 0.4) is 0 Å². The number of hydrogen-bond acceptors (Lipinski definition) is 5. The van der Waals surface area contributed by atoms with E-state index in [1.165, 1.54) is 22.3 Å². The van der Waals surface area contributed by atoms with Crippen molar-refractivity contribution in [3.63, 3.8) is 0 Å². The van der Waals surface area contributed by atoms with Gasteiger partial charge in [-0.1, -0.05) is 83.9 Å². The minimum atomic E-state index is 0.698. The van der Waals surface area contributed by atoms with Crippen LogP contribution in [0.25, 0.3) is 21.8 Å². The Kier molecular flexibility index (Phi) is 6.92. The first-order chi connectivity index (χ1) is 17.4. The molecular weight excluding hydrogens is 460 g/mol. The quantitative estimate of drug-likeness (QED) is 0.254. The monoisotopic (exact) mass is 490 g/mol. The van der Waals surface area contributed by atoms with Gasteiger partial charge in [-0.3, -0.25) is 0 Å². The topological polar surface area (TPSA) is 50.7 Å². The van der Waals surface area contributed by atoms with Gasteiger partial charge in [0.15, 0.2) is 0 Å². The van der Waals surface area contributed by atoms with E-state index in [0.717, 1.165) is 51.1 Å². The van der Waals surface area contributed by atoms with E-state index in [4.69, 9.17) is 9.97 Å². The normalized spacial score (nSPS) is 11.0. The molecule has 0 amide bonds. The summed E-state index contributed by atoms with van der Waals surface area (Å²) in [5, 5.41) is 6.73. The van der Waals surface area contributed by atoms with E-state index in [0.29, 0.717) is 6.54 Å². The highest BCUT2D eigenvalue weighted by molar-refractivity contribution is 7.13. The molecule has 0 atom stereocenters. The van der Waals surface area contributed by atoms with E-state index < -0.39 is 0 Å². The summed E-state index contributed by atoms with van der Waals surface area (Å²) in [4.78, 5) is 14.2. The summed E-state index contributed by atoms with van der Waals surface area (Å²) >= 11 is 1.68. The summed E-state index contributed by atoms with van der Waals surface area (Å²) in [6, 6.07) is 25.8. The molecule has 5 aromatic rings. The van der Waals surface area contributed by atoms with Crippen LogP contribution in [0.15, 0.2) is 78.2 Å². The maximum Gasteiger partial charge on any atom is 0.133 e. The molecule has 5 rings (SSSR count). The molecule has 0 aliphatic rings. The minimum Gasteiger partial charge on any atom is -0.366 e. The highest BCUT2D eigenvalue weighted by Gasteiger charge is 2.12. The molecule has 0 spiro atoms. The number of aromatic nitrogens is 3. The Bertz CT molecular complexity index is 1470. The van der Waals surface area contributed by atoms with Crippen molar-refractivity contribution in [3.8, 4) is 21.8 Å². The van der Waals surface area contributed by atoms with E-state index >= 15 is 0 Å². The Labute approximate surface area is 217 Å². The lowest BCUT2D eigenvalue weighted by Gasteiger charge is -2.15. The molecule has 0 fully saturated rings. The summed E-state index contributed by atoms with van der Waals surface area (Å²) in [6.07, 6.45) is 0.807. The standard InChI is InChI=1S/C31H30N4S/c1-20-5-9-24(10-6-20)17-28-22(3)33-23(4)34-30(28)32-18-25-11-15-27(16-12-25)31-35-29(19-36-31)26-13-7-21(2)8-14-26/h5-16,19H,17-18H2,1-4H3,(H,32,33,34). The number of thiazole rings is 1. The molecule has 0 saturated carbocycles. The predicted molar refractivity (Wildman–Crippen MR) is 151 cm³/mol. The summed E-state index contributed by atoms with van der Waals surface area (Å²) in [6.45, 7) is 8.92. The van der Waals surface area contributed by atoms with E-state index in [1.807, 2.05) is 6.92 Å². The first kappa shape index (κ1) is 23.9. The summed E-state index contributed by atoms with van der Waals surface area (Å²) in [5.41, 5.74) is 10.5. The average Bonchev–Trinajstić information content (AvgIpc) is 3.37. The van der Waals surface area contributed by atoms with Gasteiger partial charge in [0.2, 0.25) is 0 Å². The van der Waals surface area contributed by atoms with Crippen molar-refractivity contribution in [3.05, 3.63) is 118 Å². The van der Waals surface area contributed by atoms with Gasteiger partial charge < -0.3 is 5.32 Å². The third-order valence-corrected chi connectivity index (χ3v) is 7.23. The Morgan fingerprint density at radius 2 is 1.28 bits per heavy atom. The smallest absolute Gasteiger partial charge is 0.133 e. The van der Waals surface area contributed by atoms with E-state index in [2.05, 4.69) is 109 Å². The summed E-state index contributed by atoms with van der Waals surface area (Å²) in [5.74, 6) is 1.69. The van der Waals surface area contributed by atoms with Crippen molar-refractivity contribution in [2.24, 2.45) is 0 Å². The van der Waals surface area contributed by atoms with Gasteiger partial charge in [0.1, 0.15) is 16.6 Å². The van der Waals surface area contributed by atoms with Crippen LogP contribution in [-0.4, -0.2) is 15.0 Å². The van der Waals surface area contributed by atoms with Crippen LogP contribution in [0, 0.1) is 27.7 Å². The molecule has 0 aliphatic carbocycles. The molecule has 180 valence electrons. The van der Waals surface area contributed by atoms with Gasteiger partial charge in [-0.2, -0.15) is 0 Å². The first-order valence-corrected chi connectivity index (χ1v) is 13.1. The number of hydrogen-bond donors (Lipinski definition) is 1. The Hall–Kier alpha value is -3.83. The molecule has 0 radical (unpaired) electrons. The molecule has 2 heterocycles. The average molecular weight is 491 g/mol. The highest BCUT2D eigenvalue weighted by Crippen LogP contribution is 2.29. The lowest BCUT2D eigenvalue weighted by molar-refractivity contribution is 0.946. The number of nitrogens with one attached hydrogen (secondary N) is 1. The Morgan fingerprint density at radius 1 is 0.667 bits per heavy atom. The number of anilines is 1. The van der Waals surface area contributed by atoms with Gasteiger partial charge in [0.25, 0.3) is 0 Å².